The second-order valence-corrected chi connectivity index (χ2v) is 3.40. The molecule has 2 heteroatoms. The molecule has 0 amide bonds. The lowest BCUT2D eigenvalue weighted by molar-refractivity contribution is -0.0558. The Balaban J connectivity index is 2.22. The average Bonchev–Trinajstić information content (AvgIpc) is 2.61. The quantitative estimate of drug-likeness (QED) is 0.599. The molecule has 1 aromatic rings. The fraction of sp³-hybridized carbons (Fsp3) is 0.273. The van der Waals surface area contributed by atoms with E-state index in [4.69, 9.17) is 9.47 Å². The van der Waals surface area contributed by atoms with Gasteiger partial charge in [0.1, 0.15) is 6.10 Å². The maximum atomic E-state index is 5.61. The topological polar surface area (TPSA) is 18.5 Å². The highest BCUT2D eigenvalue weighted by Crippen LogP contribution is 2.41. The minimum atomic E-state index is -0.160. The molecule has 1 aromatic carbocycles. The van der Waals surface area contributed by atoms with Crippen LogP contribution in [0.3, 0.4) is 0 Å². The van der Waals surface area contributed by atoms with Crippen molar-refractivity contribution in [1.29, 1.82) is 0 Å². The van der Waals surface area contributed by atoms with Gasteiger partial charge in [-0.05, 0) is 11.1 Å². The molecule has 0 aromatic heterocycles. The van der Waals surface area contributed by atoms with E-state index < -0.39 is 0 Å². The number of rotatable bonds is 0. The maximum Gasteiger partial charge on any atom is 0.185 e. The van der Waals surface area contributed by atoms with Gasteiger partial charge in [-0.1, -0.05) is 30.8 Å². The largest absolute Gasteiger partial charge is 0.345 e. The van der Waals surface area contributed by atoms with Gasteiger partial charge in [0.05, 0.1) is 6.61 Å². The van der Waals surface area contributed by atoms with Crippen LogP contribution >= 0.6 is 0 Å². The molecule has 2 atom stereocenters. The summed E-state index contributed by atoms with van der Waals surface area (Å²) in [6, 6.07) is 8.13. The van der Waals surface area contributed by atoms with Gasteiger partial charge in [-0.3, -0.25) is 0 Å². The van der Waals surface area contributed by atoms with Crippen LogP contribution in [-0.4, -0.2) is 12.7 Å². The van der Waals surface area contributed by atoms with Crippen molar-refractivity contribution in [2.24, 2.45) is 0 Å². The smallest absolute Gasteiger partial charge is 0.185 e. The van der Waals surface area contributed by atoms with Gasteiger partial charge in [0, 0.05) is 5.56 Å². The summed E-state index contributed by atoms with van der Waals surface area (Å²) < 4.78 is 11.1. The van der Waals surface area contributed by atoms with Crippen LogP contribution in [0.5, 0.6) is 0 Å². The lowest BCUT2D eigenvalue weighted by Gasteiger charge is -2.23. The van der Waals surface area contributed by atoms with Gasteiger partial charge in [0.25, 0.3) is 0 Å². The minimum Gasteiger partial charge on any atom is -0.345 e. The van der Waals surface area contributed by atoms with E-state index in [9.17, 15) is 0 Å². The first-order valence-electron chi connectivity index (χ1n) is 4.41. The zero-order valence-corrected chi connectivity index (χ0v) is 7.19. The second kappa shape index (κ2) is 2.44. The Labute approximate surface area is 76.8 Å². The molecule has 2 aliphatic rings. The molecule has 2 heterocycles. The third kappa shape index (κ3) is 0.900. The molecule has 2 bridgehead atoms. The molecular weight excluding hydrogens is 164 g/mol. The van der Waals surface area contributed by atoms with E-state index in [1.54, 1.807) is 0 Å². The van der Waals surface area contributed by atoms with Crippen molar-refractivity contribution in [2.75, 3.05) is 6.61 Å². The van der Waals surface area contributed by atoms with E-state index in [1.807, 2.05) is 18.2 Å². The normalized spacial score (nSPS) is 30.3. The number of hydrogen-bond acceptors (Lipinski definition) is 2. The third-order valence-corrected chi connectivity index (χ3v) is 2.64. The van der Waals surface area contributed by atoms with Crippen LogP contribution in [0.1, 0.15) is 17.4 Å². The van der Waals surface area contributed by atoms with Gasteiger partial charge < -0.3 is 9.47 Å². The first-order chi connectivity index (χ1) is 6.36. The molecule has 66 valence electrons. The summed E-state index contributed by atoms with van der Waals surface area (Å²) in [6.07, 6.45) is -0.0911. The van der Waals surface area contributed by atoms with Crippen LogP contribution in [0.2, 0.25) is 0 Å². The Morgan fingerprint density at radius 1 is 1.31 bits per heavy atom. The molecule has 1 fully saturated rings. The Hall–Kier alpha value is -1.12. The van der Waals surface area contributed by atoms with Gasteiger partial charge in [-0.25, -0.2) is 0 Å². The summed E-state index contributed by atoms with van der Waals surface area (Å²) in [6.45, 7) is 4.67. The monoisotopic (exact) mass is 174 g/mol. The van der Waals surface area contributed by atoms with Crippen molar-refractivity contribution in [3.63, 3.8) is 0 Å². The molecule has 0 N–H and O–H groups in total. The van der Waals surface area contributed by atoms with E-state index in [0.29, 0.717) is 6.61 Å². The number of ether oxygens (including phenoxy) is 2. The number of hydrogen-bond donors (Lipinski definition) is 0. The van der Waals surface area contributed by atoms with Crippen molar-refractivity contribution in [3.8, 4) is 0 Å². The minimum absolute atomic E-state index is 0.0694. The third-order valence-electron chi connectivity index (χ3n) is 2.64. The molecule has 1 saturated heterocycles. The van der Waals surface area contributed by atoms with Gasteiger partial charge in [-0.2, -0.15) is 0 Å². The summed E-state index contributed by atoms with van der Waals surface area (Å²) in [5.74, 6) is 0. The lowest BCUT2D eigenvalue weighted by Crippen LogP contribution is -2.17. The van der Waals surface area contributed by atoms with Crippen LogP contribution in [0.25, 0.3) is 5.57 Å². The zero-order valence-electron chi connectivity index (χ0n) is 7.19. The van der Waals surface area contributed by atoms with Gasteiger partial charge >= 0.3 is 0 Å². The first kappa shape index (κ1) is 7.30. The van der Waals surface area contributed by atoms with Gasteiger partial charge in [0.15, 0.2) is 6.29 Å². The average molecular weight is 174 g/mol. The van der Waals surface area contributed by atoms with Crippen molar-refractivity contribution in [2.45, 2.75) is 12.4 Å². The van der Waals surface area contributed by atoms with Crippen LogP contribution in [0.15, 0.2) is 30.8 Å². The number of fused-ring (bicyclic) bond motifs is 4. The predicted molar refractivity (Wildman–Crippen MR) is 49.0 cm³/mol. The SMILES string of the molecule is C=C1c2ccccc2C2OCC1O2. The van der Waals surface area contributed by atoms with E-state index in [-0.39, 0.29) is 12.4 Å². The lowest BCUT2D eigenvalue weighted by atomic mass is 9.95. The van der Waals surface area contributed by atoms with E-state index >= 15 is 0 Å². The van der Waals surface area contributed by atoms with Crippen LogP contribution in [0, 0.1) is 0 Å². The van der Waals surface area contributed by atoms with E-state index in [1.165, 1.54) is 5.56 Å². The standard InChI is InChI=1S/C11H10O2/c1-7-8-4-2-3-5-9(8)11-12-6-10(7)13-11/h2-5,10-11H,1,6H2. The molecule has 0 spiro atoms. The Morgan fingerprint density at radius 3 is 3.08 bits per heavy atom. The predicted octanol–water partition coefficient (Wildman–Crippen LogP) is 2.13. The van der Waals surface area contributed by atoms with Crippen LogP contribution < -0.4 is 0 Å². The van der Waals surface area contributed by atoms with Crippen LogP contribution in [0.4, 0.5) is 0 Å². The summed E-state index contributed by atoms with van der Waals surface area (Å²) in [5.41, 5.74) is 3.35. The molecular formula is C11H10O2. The molecule has 0 aliphatic carbocycles. The Kier molecular flexibility index (Phi) is 1.37. The fourth-order valence-corrected chi connectivity index (χ4v) is 1.92. The Morgan fingerprint density at radius 2 is 2.15 bits per heavy atom. The highest BCUT2D eigenvalue weighted by Gasteiger charge is 2.36. The highest BCUT2D eigenvalue weighted by atomic mass is 16.7. The summed E-state index contributed by atoms with van der Waals surface area (Å²) >= 11 is 0. The van der Waals surface area contributed by atoms with E-state index in [2.05, 4.69) is 12.6 Å². The fourth-order valence-electron chi connectivity index (χ4n) is 1.92. The van der Waals surface area contributed by atoms with Crippen molar-refractivity contribution in [1.82, 2.24) is 0 Å². The van der Waals surface area contributed by atoms with Gasteiger partial charge in [0.2, 0.25) is 0 Å². The molecule has 3 rings (SSSR count). The maximum absolute atomic E-state index is 5.61. The van der Waals surface area contributed by atoms with Crippen molar-refractivity contribution >= 4 is 5.57 Å². The molecule has 2 nitrogen and oxygen atoms in total. The summed E-state index contributed by atoms with van der Waals surface area (Å²) in [7, 11) is 0. The number of benzene rings is 1. The molecule has 2 aliphatic heterocycles. The Bertz CT molecular complexity index is 370. The molecule has 13 heavy (non-hydrogen) atoms. The molecule has 2 unspecified atom stereocenters. The molecule has 0 saturated carbocycles. The summed E-state index contributed by atoms with van der Waals surface area (Å²) in [5, 5.41) is 0. The second-order valence-electron chi connectivity index (χ2n) is 3.40. The summed E-state index contributed by atoms with van der Waals surface area (Å²) in [4.78, 5) is 0. The van der Waals surface area contributed by atoms with Crippen molar-refractivity contribution in [3.05, 3.63) is 42.0 Å². The van der Waals surface area contributed by atoms with Gasteiger partial charge in [-0.15, -0.1) is 0 Å². The zero-order chi connectivity index (χ0) is 8.84. The molecule has 0 radical (unpaired) electrons. The first-order valence-corrected chi connectivity index (χ1v) is 4.41. The van der Waals surface area contributed by atoms with Crippen LogP contribution in [-0.2, 0) is 9.47 Å². The van der Waals surface area contributed by atoms with E-state index in [0.717, 1.165) is 11.1 Å². The van der Waals surface area contributed by atoms with Crippen molar-refractivity contribution < 1.29 is 9.47 Å². The highest BCUT2D eigenvalue weighted by molar-refractivity contribution is 5.71.